The number of hydrogen-bond acceptors (Lipinski definition) is 2. The monoisotopic (exact) mass is 298 g/mol. The van der Waals surface area contributed by atoms with E-state index in [-0.39, 0.29) is 11.5 Å². The van der Waals surface area contributed by atoms with E-state index < -0.39 is 0 Å². The van der Waals surface area contributed by atoms with Crippen LogP contribution in [0, 0.1) is 5.41 Å². The quantitative estimate of drug-likeness (QED) is 0.836. The van der Waals surface area contributed by atoms with Crippen molar-refractivity contribution < 1.29 is 0 Å². The average molecular weight is 298 g/mol. The molecule has 120 valence electrons. The molecule has 0 aromatic heterocycles. The molecular formula is C20H30N2. The summed E-state index contributed by atoms with van der Waals surface area (Å²) >= 11 is 0. The molecule has 22 heavy (non-hydrogen) atoms. The van der Waals surface area contributed by atoms with Crippen LogP contribution >= 0.6 is 0 Å². The van der Waals surface area contributed by atoms with Crippen molar-refractivity contribution in [2.45, 2.75) is 52.5 Å². The maximum atomic E-state index is 6.27. The zero-order valence-electron chi connectivity index (χ0n) is 14.2. The Labute approximate surface area is 135 Å². The predicted octanol–water partition coefficient (Wildman–Crippen LogP) is 4.58. The molecule has 0 fully saturated rings. The van der Waals surface area contributed by atoms with Gasteiger partial charge in [-0.3, -0.25) is 0 Å². The minimum atomic E-state index is 0.0142. The van der Waals surface area contributed by atoms with E-state index in [1.165, 1.54) is 41.5 Å². The average Bonchev–Trinajstić information content (AvgIpc) is 2.46. The summed E-state index contributed by atoms with van der Waals surface area (Å²) < 4.78 is 0. The molecule has 4 N–H and O–H groups in total. The Morgan fingerprint density at radius 2 is 1.95 bits per heavy atom. The van der Waals surface area contributed by atoms with Gasteiger partial charge in [0.15, 0.2) is 0 Å². The summed E-state index contributed by atoms with van der Waals surface area (Å²) in [6, 6.07) is 8.41. The normalized spacial score (nSPS) is 19.7. The summed E-state index contributed by atoms with van der Waals surface area (Å²) in [7, 11) is 0. The molecule has 0 saturated heterocycles. The highest BCUT2D eigenvalue weighted by molar-refractivity contribution is 5.58. The van der Waals surface area contributed by atoms with Gasteiger partial charge in [-0.05, 0) is 61.3 Å². The summed E-state index contributed by atoms with van der Waals surface area (Å²) in [4.78, 5) is 0. The van der Waals surface area contributed by atoms with Crippen LogP contribution in [0.15, 0.2) is 41.5 Å². The van der Waals surface area contributed by atoms with E-state index in [1.54, 1.807) is 0 Å². The van der Waals surface area contributed by atoms with Gasteiger partial charge in [0.2, 0.25) is 0 Å². The second-order valence-electron chi connectivity index (χ2n) is 7.08. The van der Waals surface area contributed by atoms with Crippen LogP contribution in [0.1, 0.15) is 63.6 Å². The molecule has 0 bridgehead atoms. The van der Waals surface area contributed by atoms with Crippen molar-refractivity contribution in [2.75, 3.05) is 6.54 Å². The van der Waals surface area contributed by atoms with Crippen LogP contribution in [0.3, 0.4) is 0 Å². The highest BCUT2D eigenvalue weighted by Gasteiger charge is 2.26. The Balaban J connectivity index is 2.31. The van der Waals surface area contributed by atoms with Crippen LogP contribution in [0.5, 0.6) is 0 Å². The van der Waals surface area contributed by atoms with Crippen molar-refractivity contribution in [3.8, 4) is 0 Å². The van der Waals surface area contributed by atoms with Crippen LogP contribution in [0.2, 0.25) is 0 Å². The summed E-state index contributed by atoms with van der Waals surface area (Å²) in [5.41, 5.74) is 17.6. The van der Waals surface area contributed by atoms with Crippen LogP contribution < -0.4 is 11.5 Å². The van der Waals surface area contributed by atoms with E-state index in [0.29, 0.717) is 6.54 Å². The lowest BCUT2D eigenvalue weighted by Crippen LogP contribution is -2.19. The van der Waals surface area contributed by atoms with Gasteiger partial charge in [0.05, 0.1) is 0 Å². The molecule has 0 amide bonds. The first-order chi connectivity index (χ1) is 10.5. The topological polar surface area (TPSA) is 52.0 Å². The van der Waals surface area contributed by atoms with Gasteiger partial charge in [0, 0.05) is 6.04 Å². The van der Waals surface area contributed by atoms with Gasteiger partial charge in [0.25, 0.3) is 0 Å². The number of allylic oxidation sites excluding steroid dienone is 3. The van der Waals surface area contributed by atoms with Crippen LogP contribution in [0.25, 0.3) is 6.08 Å². The fraction of sp³-hybridized carbons (Fsp3) is 0.500. The van der Waals surface area contributed by atoms with E-state index in [9.17, 15) is 0 Å². The molecule has 2 heteroatoms. The third-order valence-electron chi connectivity index (χ3n) is 4.85. The molecule has 1 aliphatic carbocycles. The fourth-order valence-corrected chi connectivity index (χ4v) is 3.52. The third kappa shape index (κ3) is 3.88. The second kappa shape index (κ2) is 7.26. The minimum Gasteiger partial charge on any atom is -0.330 e. The van der Waals surface area contributed by atoms with Gasteiger partial charge >= 0.3 is 0 Å². The van der Waals surface area contributed by atoms with E-state index in [4.69, 9.17) is 11.5 Å². The van der Waals surface area contributed by atoms with Crippen LogP contribution in [0.4, 0.5) is 0 Å². The molecule has 0 radical (unpaired) electrons. The minimum absolute atomic E-state index is 0.0142. The van der Waals surface area contributed by atoms with E-state index in [2.05, 4.69) is 57.2 Å². The third-order valence-corrected chi connectivity index (χ3v) is 4.85. The fourth-order valence-electron chi connectivity index (χ4n) is 3.52. The zero-order chi connectivity index (χ0) is 16.2. The van der Waals surface area contributed by atoms with Gasteiger partial charge < -0.3 is 11.5 Å². The predicted molar refractivity (Wildman–Crippen MR) is 96.4 cm³/mol. The molecule has 2 nitrogen and oxygen atoms in total. The smallest absolute Gasteiger partial charge is 0.0312 e. The Morgan fingerprint density at radius 1 is 1.23 bits per heavy atom. The molecule has 1 aromatic carbocycles. The van der Waals surface area contributed by atoms with Crippen molar-refractivity contribution in [2.24, 2.45) is 16.9 Å². The van der Waals surface area contributed by atoms with Gasteiger partial charge in [0.1, 0.15) is 0 Å². The Bertz CT molecular complexity index is 567. The molecule has 1 atom stereocenters. The summed E-state index contributed by atoms with van der Waals surface area (Å²) in [5.74, 6) is 0. The molecule has 1 unspecified atom stereocenters. The Morgan fingerprint density at radius 3 is 2.64 bits per heavy atom. The van der Waals surface area contributed by atoms with E-state index in [0.717, 1.165) is 6.42 Å². The molecular weight excluding hydrogens is 268 g/mol. The van der Waals surface area contributed by atoms with Gasteiger partial charge in [-0.25, -0.2) is 0 Å². The molecule has 1 aromatic rings. The Hall–Kier alpha value is -1.38. The first kappa shape index (κ1) is 17.0. The highest BCUT2D eigenvalue weighted by Crippen LogP contribution is 2.41. The lowest BCUT2D eigenvalue weighted by atomic mass is 9.72. The van der Waals surface area contributed by atoms with Gasteiger partial charge in [-0.15, -0.1) is 0 Å². The Kier molecular flexibility index (Phi) is 5.60. The van der Waals surface area contributed by atoms with Gasteiger partial charge in [-0.2, -0.15) is 0 Å². The lowest BCUT2D eigenvalue weighted by molar-refractivity contribution is 0.377. The lowest BCUT2D eigenvalue weighted by Gasteiger charge is -2.33. The van der Waals surface area contributed by atoms with Crippen molar-refractivity contribution in [3.63, 3.8) is 0 Å². The standard InChI is InChI=1S/C20H30N2/c1-15-7-6-13-20(2,3)18(15)11-10-16-8-4-5-9-17(16)19(22)12-14-21/h4-5,8-11,19H,6-7,12-14,21-22H2,1-3H3. The molecule has 1 aliphatic rings. The van der Waals surface area contributed by atoms with E-state index in [1.807, 2.05) is 0 Å². The first-order valence-corrected chi connectivity index (χ1v) is 8.38. The zero-order valence-corrected chi connectivity index (χ0v) is 14.2. The van der Waals surface area contributed by atoms with Crippen LogP contribution in [-0.4, -0.2) is 6.54 Å². The van der Waals surface area contributed by atoms with Crippen molar-refractivity contribution in [1.82, 2.24) is 0 Å². The number of nitrogens with two attached hydrogens (primary N) is 2. The SMILES string of the molecule is CC1=C(C=Cc2ccccc2C(N)CCN)C(C)(C)CCC1. The second-order valence-corrected chi connectivity index (χ2v) is 7.08. The molecule has 0 saturated carbocycles. The molecule has 0 aliphatic heterocycles. The number of benzene rings is 1. The number of rotatable bonds is 5. The van der Waals surface area contributed by atoms with Crippen molar-refractivity contribution in [1.29, 1.82) is 0 Å². The molecule has 0 spiro atoms. The van der Waals surface area contributed by atoms with E-state index >= 15 is 0 Å². The van der Waals surface area contributed by atoms with Crippen molar-refractivity contribution >= 4 is 6.08 Å². The molecule has 0 heterocycles. The first-order valence-electron chi connectivity index (χ1n) is 8.38. The number of hydrogen-bond donors (Lipinski definition) is 2. The van der Waals surface area contributed by atoms with Crippen LogP contribution in [-0.2, 0) is 0 Å². The summed E-state index contributed by atoms with van der Waals surface area (Å²) in [6.45, 7) is 7.59. The van der Waals surface area contributed by atoms with Crippen molar-refractivity contribution in [3.05, 3.63) is 52.6 Å². The maximum absolute atomic E-state index is 6.27. The van der Waals surface area contributed by atoms with Gasteiger partial charge in [-0.1, -0.05) is 55.8 Å². The largest absolute Gasteiger partial charge is 0.330 e. The summed E-state index contributed by atoms with van der Waals surface area (Å²) in [6.07, 6.45) is 9.14. The molecule has 2 rings (SSSR count). The highest BCUT2D eigenvalue weighted by atomic mass is 14.7. The maximum Gasteiger partial charge on any atom is 0.0312 e. The summed E-state index contributed by atoms with van der Waals surface area (Å²) in [5, 5.41) is 0.